The van der Waals surface area contributed by atoms with Crippen LogP contribution in [0.2, 0.25) is 0 Å². The Morgan fingerprint density at radius 3 is 2.63 bits per heavy atom. The molecule has 4 aromatic rings. The topological polar surface area (TPSA) is 60.1 Å². The van der Waals surface area contributed by atoms with Gasteiger partial charge in [-0.25, -0.2) is 4.68 Å². The van der Waals surface area contributed by atoms with Gasteiger partial charge in [-0.05, 0) is 54.2 Å². The van der Waals surface area contributed by atoms with Crippen LogP contribution in [0.3, 0.4) is 0 Å². The fourth-order valence-corrected chi connectivity index (χ4v) is 5.13. The fourth-order valence-electron chi connectivity index (χ4n) is 2.81. The lowest BCUT2D eigenvalue weighted by Crippen LogP contribution is -2.25. The Morgan fingerprint density at radius 1 is 1.10 bits per heavy atom. The first kappa shape index (κ1) is 20.6. The first-order valence-corrected chi connectivity index (χ1v) is 11.6. The first-order valence-electron chi connectivity index (χ1n) is 9.37. The van der Waals surface area contributed by atoms with Crippen molar-refractivity contribution in [2.45, 2.75) is 16.5 Å². The molecule has 30 heavy (non-hydrogen) atoms. The predicted molar refractivity (Wildman–Crippen MR) is 123 cm³/mol. The van der Waals surface area contributed by atoms with Crippen LogP contribution in [-0.2, 0) is 12.2 Å². The van der Waals surface area contributed by atoms with Gasteiger partial charge in [0, 0.05) is 24.3 Å². The van der Waals surface area contributed by atoms with E-state index in [9.17, 15) is 4.79 Å². The van der Waals surface area contributed by atoms with Crippen molar-refractivity contribution in [1.82, 2.24) is 15.1 Å². The summed E-state index contributed by atoms with van der Waals surface area (Å²) in [4.78, 5) is 12.3. The van der Waals surface area contributed by atoms with Crippen molar-refractivity contribution in [2.24, 2.45) is 0 Å². The highest BCUT2D eigenvalue weighted by Gasteiger charge is 2.09. The van der Waals surface area contributed by atoms with Crippen LogP contribution < -0.4 is 5.32 Å². The van der Waals surface area contributed by atoms with Crippen LogP contribution in [0.1, 0.15) is 21.7 Å². The molecule has 0 aliphatic heterocycles. The lowest BCUT2D eigenvalue weighted by atomic mass is 10.2. The Bertz CT molecular complexity index is 1150. The number of carbonyl (C=O) groups excluding carboxylic acids is 1. The summed E-state index contributed by atoms with van der Waals surface area (Å²) in [5.41, 5.74) is 2.69. The van der Waals surface area contributed by atoms with Crippen molar-refractivity contribution in [1.29, 1.82) is 0 Å². The van der Waals surface area contributed by atoms with E-state index in [4.69, 9.17) is 16.6 Å². The van der Waals surface area contributed by atoms with Crippen molar-refractivity contribution in [3.8, 4) is 5.69 Å². The number of thioether (sulfide) groups is 1. The summed E-state index contributed by atoms with van der Waals surface area (Å²) < 4.78 is 8.61. The Labute approximate surface area is 187 Å². The summed E-state index contributed by atoms with van der Waals surface area (Å²) in [5.74, 6) is 1.58. The molecule has 0 spiro atoms. The van der Waals surface area contributed by atoms with E-state index in [0.29, 0.717) is 22.5 Å². The van der Waals surface area contributed by atoms with Crippen LogP contribution in [0.25, 0.3) is 5.69 Å². The minimum atomic E-state index is -0.117. The van der Waals surface area contributed by atoms with E-state index in [0.717, 1.165) is 21.5 Å². The van der Waals surface area contributed by atoms with Crippen molar-refractivity contribution >= 4 is 41.2 Å². The Kier molecular flexibility index (Phi) is 6.78. The molecular formula is C22H19N3O2S3. The highest BCUT2D eigenvalue weighted by molar-refractivity contribution is 8.00. The molecule has 0 bridgehead atoms. The number of hydrogen-bond donors (Lipinski definition) is 1. The van der Waals surface area contributed by atoms with Gasteiger partial charge < -0.3 is 9.73 Å². The second-order valence-corrected chi connectivity index (χ2v) is 9.30. The number of benzene rings is 2. The Balaban J connectivity index is 1.37. The zero-order chi connectivity index (χ0) is 20.8. The maximum Gasteiger partial charge on any atom is 0.251 e. The largest absolute Gasteiger partial charge is 0.469 e. The Morgan fingerprint density at radius 2 is 1.90 bits per heavy atom. The molecule has 152 valence electrons. The molecule has 4 rings (SSSR count). The maximum atomic E-state index is 12.3. The Hall–Kier alpha value is -2.68. The highest BCUT2D eigenvalue weighted by atomic mass is 32.2. The quantitative estimate of drug-likeness (QED) is 0.281. The maximum absolute atomic E-state index is 12.3. The van der Waals surface area contributed by atoms with Gasteiger partial charge in [0.1, 0.15) is 5.76 Å². The van der Waals surface area contributed by atoms with Crippen LogP contribution in [-0.4, -0.2) is 22.2 Å². The minimum Gasteiger partial charge on any atom is -0.469 e. The van der Waals surface area contributed by atoms with Gasteiger partial charge in [-0.3, -0.25) is 4.79 Å². The summed E-state index contributed by atoms with van der Waals surface area (Å²) in [6, 6.07) is 21.3. The number of amides is 1. The normalized spacial score (nSPS) is 10.8. The third-order valence-corrected chi connectivity index (χ3v) is 6.78. The average Bonchev–Trinajstić information content (AvgIpc) is 3.43. The molecular weight excluding hydrogens is 434 g/mol. The summed E-state index contributed by atoms with van der Waals surface area (Å²) in [7, 11) is 0. The van der Waals surface area contributed by atoms with Crippen LogP contribution >= 0.6 is 35.3 Å². The number of nitrogens with zero attached hydrogens (tertiary/aromatic N) is 2. The molecule has 0 radical (unpaired) electrons. The summed E-state index contributed by atoms with van der Waals surface area (Å²) in [5, 5.41) is 7.53. The second kappa shape index (κ2) is 9.88. The van der Waals surface area contributed by atoms with Crippen molar-refractivity contribution < 1.29 is 9.21 Å². The van der Waals surface area contributed by atoms with Gasteiger partial charge in [0.15, 0.2) is 8.29 Å². The van der Waals surface area contributed by atoms with Crippen LogP contribution in [0, 0.1) is 3.95 Å². The van der Waals surface area contributed by atoms with Crippen molar-refractivity contribution in [3.05, 3.63) is 93.8 Å². The van der Waals surface area contributed by atoms with E-state index in [-0.39, 0.29) is 5.91 Å². The molecule has 1 amide bonds. The zero-order valence-electron chi connectivity index (χ0n) is 16.0. The molecule has 2 heterocycles. The minimum absolute atomic E-state index is 0.117. The number of aromatic nitrogens is 2. The second-order valence-electron chi connectivity index (χ2n) is 6.45. The van der Waals surface area contributed by atoms with E-state index in [1.807, 2.05) is 42.5 Å². The third kappa shape index (κ3) is 5.27. The molecule has 1 N–H and O–H groups in total. The lowest BCUT2D eigenvalue weighted by molar-refractivity contribution is 0.0953. The summed E-state index contributed by atoms with van der Waals surface area (Å²) in [6.07, 6.45) is 2.29. The number of rotatable bonds is 8. The smallest absolute Gasteiger partial charge is 0.251 e. The molecule has 0 saturated heterocycles. The van der Waals surface area contributed by atoms with Crippen LogP contribution in [0.15, 0.2) is 81.8 Å². The van der Waals surface area contributed by atoms with Gasteiger partial charge in [-0.2, -0.15) is 0 Å². The lowest BCUT2D eigenvalue weighted by Gasteiger charge is -2.06. The standard InChI is InChI=1S/C22H19N3O2S3/c26-20(23-13-12-19-7-4-14-27-19)17-8-10-18(11-9-17)25-22(28)30-21(24-25)29-15-16-5-2-1-3-6-16/h1-11,14H,12-13,15H2,(H,23,26). The molecule has 0 atom stereocenters. The van der Waals surface area contributed by atoms with Gasteiger partial charge in [0.25, 0.3) is 5.91 Å². The molecule has 2 aromatic carbocycles. The highest BCUT2D eigenvalue weighted by Crippen LogP contribution is 2.27. The van der Waals surface area contributed by atoms with Crippen molar-refractivity contribution in [3.63, 3.8) is 0 Å². The first-order chi connectivity index (χ1) is 14.7. The van der Waals surface area contributed by atoms with E-state index >= 15 is 0 Å². The molecule has 5 nitrogen and oxygen atoms in total. The van der Waals surface area contributed by atoms with Gasteiger partial charge in [0.05, 0.1) is 12.0 Å². The average molecular weight is 454 g/mol. The predicted octanol–water partition coefficient (Wildman–Crippen LogP) is 5.52. The number of furan rings is 1. The van der Waals surface area contributed by atoms with Gasteiger partial charge in [0.2, 0.25) is 0 Å². The van der Waals surface area contributed by atoms with E-state index in [1.54, 1.807) is 34.8 Å². The molecule has 0 saturated carbocycles. The molecule has 0 fully saturated rings. The van der Waals surface area contributed by atoms with Crippen molar-refractivity contribution in [2.75, 3.05) is 6.54 Å². The number of carbonyl (C=O) groups is 1. The zero-order valence-corrected chi connectivity index (χ0v) is 18.4. The number of nitrogens with one attached hydrogen (secondary N) is 1. The molecule has 2 aromatic heterocycles. The molecule has 0 aliphatic carbocycles. The van der Waals surface area contributed by atoms with E-state index < -0.39 is 0 Å². The fraction of sp³-hybridized carbons (Fsp3) is 0.136. The van der Waals surface area contributed by atoms with Gasteiger partial charge in [-0.1, -0.05) is 53.4 Å². The SMILES string of the molecule is O=C(NCCc1ccco1)c1ccc(-n2nc(SCc3ccccc3)sc2=S)cc1. The monoisotopic (exact) mass is 453 g/mol. The number of hydrogen-bond acceptors (Lipinski definition) is 6. The summed E-state index contributed by atoms with van der Waals surface area (Å²) >= 11 is 8.64. The van der Waals surface area contributed by atoms with Crippen LogP contribution in [0.4, 0.5) is 0 Å². The van der Waals surface area contributed by atoms with Crippen LogP contribution in [0.5, 0.6) is 0 Å². The third-order valence-electron chi connectivity index (χ3n) is 4.35. The van der Waals surface area contributed by atoms with Gasteiger partial charge >= 0.3 is 0 Å². The molecule has 0 aliphatic rings. The van der Waals surface area contributed by atoms with Gasteiger partial charge in [-0.15, -0.1) is 5.10 Å². The molecule has 8 heteroatoms. The molecule has 0 unspecified atom stereocenters. The van der Waals surface area contributed by atoms with E-state index in [1.165, 1.54) is 16.9 Å². The van der Waals surface area contributed by atoms with E-state index in [2.05, 4.69) is 22.5 Å². The summed E-state index contributed by atoms with van der Waals surface area (Å²) in [6.45, 7) is 0.521.